The van der Waals surface area contributed by atoms with Gasteiger partial charge in [-0.3, -0.25) is 4.79 Å². The van der Waals surface area contributed by atoms with Crippen molar-refractivity contribution in [1.29, 1.82) is 0 Å². The van der Waals surface area contributed by atoms with Crippen molar-refractivity contribution in [3.63, 3.8) is 0 Å². The number of aliphatic hydroxyl groups is 1. The molecule has 0 spiro atoms. The number of carbonyl (C=O) groups excluding carboxylic acids is 2. The van der Waals surface area contributed by atoms with Gasteiger partial charge in [0.15, 0.2) is 0 Å². The third-order valence-electron chi connectivity index (χ3n) is 4.06. The Balaban J connectivity index is 2.91. The van der Waals surface area contributed by atoms with E-state index in [2.05, 4.69) is 5.32 Å². The average molecular weight is 342 g/mol. The molecular formula is C17H30N2O5. The standard InChI is InChI=1S/C17H30N2O5/c1-4-13(5-2)24-15-10-12(17(22)23-8-6-7-20)9-14(18)16(15)19-11(3)21/h10,13-16,20H,4-9,18H2,1-3H3,(H,19,21)/t14-,15+,16+/m0/s1. The molecule has 138 valence electrons. The molecule has 0 radical (unpaired) electrons. The molecule has 0 heterocycles. The molecular weight excluding hydrogens is 312 g/mol. The minimum absolute atomic E-state index is 0.0273. The zero-order valence-electron chi connectivity index (χ0n) is 14.8. The second-order valence-corrected chi connectivity index (χ2v) is 6.04. The maximum atomic E-state index is 12.1. The molecule has 0 aromatic rings. The summed E-state index contributed by atoms with van der Waals surface area (Å²) in [6.45, 7) is 5.62. The quantitative estimate of drug-likeness (QED) is 0.419. The number of nitrogens with two attached hydrogens (primary N) is 1. The van der Waals surface area contributed by atoms with Crippen LogP contribution in [0.15, 0.2) is 11.6 Å². The van der Waals surface area contributed by atoms with E-state index in [-0.39, 0.29) is 31.3 Å². The zero-order chi connectivity index (χ0) is 18.1. The van der Waals surface area contributed by atoms with E-state index >= 15 is 0 Å². The SMILES string of the molecule is CCC(CC)O[C@@H]1C=C(C(=O)OCCCO)C[C@H](N)[C@H]1NC(C)=O. The fourth-order valence-electron chi connectivity index (χ4n) is 2.72. The van der Waals surface area contributed by atoms with Gasteiger partial charge in [0.25, 0.3) is 0 Å². The summed E-state index contributed by atoms with van der Waals surface area (Å²) >= 11 is 0. The molecule has 0 unspecified atom stereocenters. The lowest BCUT2D eigenvalue weighted by Gasteiger charge is -2.36. The van der Waals surface area contributed by atoms with Crippen LogP contribution in [-0.2, 0) is 19.1 Å². The molecule has 7 nitrogen and oxygen atoms in total. The number of hydrogen-bond donors (Lipinski definition) is 3. The summed E-state index contributed by atoms with van der Waals surface area (Å²) in [6.07, 6.45) is 3.64. The number of ether oxygens (including phenoxy) is 2. The van der Waals surface area contributed by atoms with Crippen LogP contribution in [0.4, 0.5) is 0 Å². The fourth-order valence-corrected chi connectivity index (χ4v) is 2.72. The molecule has 0 bridgehead atoms. The van der Waals surface area contributed by atoms with E-state index in [9.17, 15) is 9.59 Å². The van der Waals surface area contributed by atoms with Gasteiger partial charge in [0.1, 0.15) is 0 Å². The molecule has 0 aromatic carbocycles. The van der Waals surface area contributed by atoms with Crippen molar-refractivity contribution in [2.24, 2.45) is 5.73 Å². The smallest absolute Gasteiger partial charge is 0.333 e. The first-order valence-electron chi connectivity index (χ1n) is 8.59. The lowest BCUT2D eigenvalue weighted by Crippen LogP contribution is -2.57. The predicted octanol–water partition coefficient (Wildman–Crippen LogP) is 0.648. The van der Waals surface area contributed by atoms with Crippen LogP contribution < -0.4 is 11.1 Å². The summed E-state index contributed by atoms with van der Waals surface area (Å²) in [4.78, 5) is 23.6. The first-order valence-corrected chi connectivity index (χ1v) is 8.59. The Labute approximate surface area is 143 Å². The van der Waals surface area contributed by atoms with E-state index < -0.39 is 18.1 Å². The normalized spacial score (nSPS) is 23.8. The van der Waals surface area contributed by atoms with Crippen LogP contribution in [0.5, 0.6) is 0 Å². The highest BCUT2D eigenvalue weighted by atomic mass is 16.5. The van der Waals surface area contributed by atoms with Crippen LogP contribution in [0.25, 0.3) is 0 Å². The predicted molar refractivity (Wildman–Crippen MR) is 90.2 cm³/mol. The molecule has 4 N–H and O–H groups in total. The number of amides is 1. The third kappa shape index (κ3) is 6.22. The van der Waals surface area contributed by atoms with Gasteiger partial charge in [0, 0.05) is 31.6 Å². The molecule has 1 amide bonds. The zero-order valence-corrected chi connectivity index (χ0v) is 14.8. The van der Waals surface area contributed by atoms with Crippen LogP contribution in [-0.4, -0.2) is 54.5 Å². The van der Waals surface area contributed by atoms with Crippen molar-refractivity contribution in [3.8, 4) is 0 Å². The van der Waals surface area contributed by atoms with Crippen molar-refractivity contribution >= 4 is 11.9 Å². The molecule has 0 aromatic heterocycles. The van der Waals surface area contributed by atoms with Crippen LogP contribution in [0.1, 0.15) is 46.5 Å². The molecule has 1 rings (SSSR count). The highest BCUT2D eigenvalue weighted by Gasteiger charge is 2.35. The van der Waals surface area contributed by atoms with Crippen molar-refractivity contribution in [2.45, 2.75) is 70.7 Å². The van der Waals surface area contributed by atoms with E-state index in [1.165, 1.54) is 6.92 Å². The summed E-state index contributed by atoms with van der Waals surface area (Å²) in [5.41, 5.74) is 6.63. The van der Waals surface area contributed by atoms with Crippen molar-refractivity contribution < 1.29 is 24.2 Å². The minimum atomic E-state index is -0.469. The van der Waals surface area contributed by atoms with E-state index in [1.54, 1.807) is 6.08 Å². The van der Waals surface area contributed by atoms with Gasteiger partial charge in [-0.2, -0.15) is 0 Å². The first-order chi connectivity index (χ1) is 11.4. The number of hydrogen-bond acceptors (Lipinski definition) is 6. The summed E-state index contributed by atoms with van der Waals surface area (Å²) in [6, 6.07) is -0.809. The monoisotopic (exact) mass is 342 g/mol. The van der Waals surface area contributed by atoms with E-state index in [0.29, 0.717) is 18.4 Å². The highest BCUT2D eigenvalue weighted by Crippen LogP contribution is 2.24. The van der Waals surface area contributed by atoms with Gasteiger partial charge in [-0.05, 0) is 25.3 Å². The number of nitrogens with one attached hydrogen (secondary N) is 1. The highest BCUT2D eigenvalue weighted by molar-refractivity contribution is 5.89. The molecule has 0 aliphatic heterocycles. The number of esters is 1. The van der Waals surface area contributed by atoms with E-state index in [0.717, 1.165) is 12.8 Å². The minimum Gasteiger partial charge on any atom is -0.462 e. The van der Waals surface area contributed by atoms with Gasteiger partial charge in [0.2, 0.25) is 5.91 Å². The number of aliphatic hydroxyl groups excluding tert-OH is 1. The second kappa shape index (κ2) is 10.4. The number of carbonyl (C=O) groups is 2. The lowest BCUT2D eigenvalue weighted by atomic mass is 9.88. The van der Waals surface area contributed by atoms with Crippen molar-refractivity contribution in [3.05, 3.63) is 11.6 Å². The Hall–Kier alpha value is -1.44. The molecule has 0 fully saturated rings. The third-order valence-corrected chi connectivity index (χ3v) is 4.06. The first kappa shape index (κ1) is 20.6. The Morgan fingerprint density at radius 1 is 1.42 bits per heavy atom. The summed E-state index contributed by atoms with van der Waals surface area (Å²) in [5, 5.41) is 11.6. The Bertz CT molecular complexity index is 448. The maximum absolute atomic E-state index is 12.1. The van der Waals surface area contributed by atoms with E-state index in [1.807, 2.05) is 13.8 Å². The van der Waals surface area contributed by atoms with Crippen LogP contribution in [0, 0.1) is 0 Å². The summed E-state index contributed by atoms with van der Waals surface area (Å²) in [5.74, 6) is -0.630. The van der Waals surface area contributed by atoms with Crippen LogP contribution >= 0.6 is 0 Å². The molecule has 7 heteroatoms. The van der Waals surface area contributed by atoms with Gasteiger partial charge in [-0.25, -0.2) is 4.79 Å². The van der Waals surface area contributed by atoms with Gasteiger partial charge in [-0.1, -0.05) is 13.8 Å². The number of rotatable bonds is 9. The van der Waals surface area contributed by atoms with Gasteiger partial charge in [-0.15, -0.1) is 0 Å². The van der Waals surface area contributed by atoms with Gasteiger partial charge in [0.05, 0.1) is 24.9 Å². The van der Waals surface area contributed by atoms with Crippen molar-refractivity contribution in [2.75, 3.05) is 13.2 Å². The maximum Gasteiger partial charge on any atom is 0.333 e. The largest absolute Gasteiger partial charge is 0.462 e. The fraction of sp³-hybridized carbons (Fsp3) is 0.765. The Morgan fingerprint density at radius 3 is 2.62 bits per heavy atom. The summed E-state index contributed by atoms with van der Waals surface area (Å²) < 4.78 is 11.2. The summed E-state index contributed by atoms with van der Waals surface area (Å²) in [7, 11) is 0. The van der Waals surface area contributed by atoms with Crippen LogP contribution in [0.2, 0.25) is 0 Å². The molecule has 1 aliphatic carbocycles. The van der Waals surface area contributed by atoms with Crippen LogP contribution in [0.3, 0.4) is 0 Å². The average Bonchev–Trinajstić information content (AvgIpc) is 2.54. The van der Waals surface area contributed by atoms with Gasteiger partial charge >= 0.3 is 5.97 Å². The molecule has 24 heavy (non-hydrogen) atoms. The Morgan fingerprint density at radius 2 is 2.08 bits per heavy atom. The molecule has 1 aliphatic rings. The molecule has 0 saturated carbocycles. The lowest BCUT2D eigenvalue weighted by molar-refractivity contribution is -0.140. The van der Waals surface area contributed by atoms with Crippen molar-refractivity contribution in [1.82, 2.24) is 5.32 Å². The topological polar surface area (TPSA) is 111 Å². The second-order valence-electron chi connectivity index (χ2n) is 6.04. The van der Waals surface area contributed by atoms with E-state index in [4.69, 9.17) is 20.3 Å². The molecule has 3 atom stereocenters. The molecule has 0 saturated heterocycles. The van der Waals surface area contributed by atoms with Gasteiger partial charge < -0.3 is 25.6 Å². The Kier molecular flexibility index (Phi) is 8.95.